The smallest absolute Gasteiger partial charge is 0.410 e. The fraction of sp³-hybridized carbons (Fsp3) is 0.417. The Morgan fingerprint density at radius 2 is 2.00 bits per heavy atom. The molecule has 11 heteroatoms. The van der Waals surface area contributed by atoms with Gasteiger partial charge in [-0.3, -0.25) is 9.47 Å². The number of fused-ring (bicyclic) bond motifs is 3. The van der Waals surface area contributed by atoms with Crippen LogP contribution >= 0.6 is 11.6 Å². The summed E-state index contributed by atoms with van der Waals surface area (Å²) in [6, 6.07) is 8.63. The molecule has 0 spiro atoms. The number of amides is 1. The van der Waals surface area contributed by atoms with E-state index in [2.05, 4.69) is 20.1 Å². The van der Waals surface area contributed by atoms with Gasteiger partial charge in [-0.1, -0.05) is 11.6 Å². The van der Waals surface area contributed by atoms with Gasteiger partial charge in [-0.2, -0.15) is 0 Å². The van der Waals surface area contributed by atoms with Crippen molar-refractivity contribution in [2.75, 3.05) is 24.7 Å². The van der Waals surface area contributed by atoms with Crippen LogP contribution in [0.25, 0.3) is 5.69 Å². The molecule has 1 fully saturated rings. The Labute approximate surface area is 206 Å². The minimum atomic E-state index is -0.834. The summed E-state index contributed by atoms with van der Waals surface area (Å²) in [5.74, 6) is 1.96. The number of alkyl halides is 1. The number of anilines is 1. The first kappa shape index (κ1) is 23.5. The lowest BCUT2D eigenvalue weighted by Gasteiger charge is -2.32. The van der Waals surface area contributed by atoms with E-state index in [0.717, 1.165) is 48.8 Å². The minimum absolute atomic E-state index is 0.140. The molecule has 0 saturated carbocycles. The van der Waals surface area contributed by atoms with Gasteiger partial charge in [0.2, 0.25) is 0 Å². The van der Waals surface area contributed by atoms with Crippen molar-refractivity contribution in [3.63, 3.8) is 0 Å². The van der Waals surface area contributed by atoms with E-state index in [0.29, 0.717) is 10.8 Å². The summed E-state index contributed by atoms with van der Waals surface area (Å²) in [7, 11) is 0. The summed E-state index contributed by atoms with van der Waals surface area (Å²) in [4.78, 5) is 20.6. The Kier molecular flexibility index (Phi) is 6.55. The van der Waals surface area contributed by atoms with Gasteiger partial charge in [0.15, 0.2) is 5.82 Å². The van der Waals surface area contributed by atoms with E-state index in [1.807, 2.05) is 16.7 Å². The van der Waals surface area contributed by atoms with Crippen molar-refractivity contribution in [2.24, 2.45) is 0 Å². The molecular weight excluding hydrogens is 478 g/mol. The zero-order valence-corrected chi connectivity index (χ0v) is 20.0. The molecule has 1 unspecified atom stereocenters. The van der Waals surface area contributed by atoms with E-state index in [1.54, 1.807) is 12.1 Å². The SMILES string of the molecule is CC(CF)OC(=O)N1Cc2cc(Cl)ccc2-n2c(nnc2C2CCN(c3ccc(F)cn3)CC2)C1. The summed E-state index contributed by atoms with van der Waals surface area (Å²) in [6.45, 7) is 2.68. The molecule has 1 saturated heterocycles. The van der Waals surface area contributed by atoms with Crippen molar-refractivity contribution in [3.05, 3.63) is 64.6 Å². The Morgan fingerprint density at radius 1 is 1.20 bits per heavy atom. The molecule has 184 valence electrons. The quantitative estimate of drug-likeness (QED) is 0.517. The number of pyridine rings is 1. The van der Waals surface area contributed by atoms with Crippen molar-refractivity contribution in [1.29, 1.82) is 0 Å². The number of benzene rings is 1. The van der Waals surface area contributed by atoms with Crippen LogP contribution < -0.4 is 4.90 Å². The molecule has 35 heavy (non-hydrogen) atoms. The number of carbonyl (C=O) groups excluding carboxylic acids is 1. The maximum absolute atomic E-state index is 13.2. The second-order valence-electron chi connectivity index (χ2n) is 8.88. The lowest BCUT2D eigenvalue weighted by Crippen LogP contribution is -2.34. The number of aromatic nitrogens is 4. The third-order valence-electron chi connectivity index (χ3n) is 6.40. The summed E-state index contributed by atoms with van der Waals surface area (Å²) in [5, 5.41) is 9.49. The average Bonchev–Trinajstić information content (AvgIpc) is 3.20. The number of hydrogen-bond acceptors (Lipinski definition) is 6. The van der Waals surface area contributed by atoms with Crippen LogP contribution in [-0.2, 0) is 17.8 Å². The molecule has 1 aromatic carbocycles. The number of rotatable bonds is 4. The molecule has 0 bridgehead atoms. The highest BCUT2D eigenvalue weighted by molar-refractivity contribution is 6.30. The first-order valence-electron chi connectivity index (χ1n) is 11.5. The lowest BCUT2D eigenvalue weighted by molar-refractivity contribution is 0.0547. The Hall–Kier alpha value is -3.27. The van der Waals surface area contributed by atoms with Crippen LogP contribution in [0.2, 0.25) is 5.02 Å². The van der Waals surface area contributed by atoms with E-state index in [1.165, 1.54) is 24.1 Å². The number of nitrogens with zero attached hydrogens (tertiary/aromatic N) is 6. The zero-order chi connectivity index (χ0) is 24.5. The molecule has 4 heterocycles. The van der Waals surface area contributed by atoms with Gasteiger partial charge >= 0.3 is 6.09 Å². The second kappa shape index (κ2) is 9.77. The molecule has 3 aromatic rings. The van der Waals surface area contributed by atoms with Gasteiger partial charge in [0, 0.05) is 24.0 Å². The third kappa shape index (κ3) is 4.80. The van der Waals surface area contributed by atoms with E-state index < -0.39 is 18.9 Å². The summed E-state index contributed by atoms with van der Waals surface area (Å²) >= 11 is 6.28. The van der Waals surface area contributed by atoms with Crippen molar-refractivity contribution < 1.29 is 18.3 Å². The van der Waals surface area contributed by atoms with Crippen molar-refractivity contribution in [1.82, 2.24) is 24.6 Å². The van der Waals surface area contributed by atoms with Gasteiger partial charge in [-0.05, 0) is 55.7 Å². The number of halogens is 3. The van der Waals surface area contributed by atoms with E-state index in [4.69, 9.17) is 16.3 Å². The highest BCUT2D eigenvalue weighted by Gasteiger charge is 2.32. The summed E-state index contributed by atoms with van der Waals surface area (Å²) in [6.07, 6.45) is 1.42. The number of carbonyl (C=O) groups is 1. The average molecular weight is 503 g/mol. The van der Waals surface area contributed by atoms with Gasteiger partial charge in [-0.25, -0.2) is 18.6 Å². The number of hydrogen-bond donors (Lipinski definition) is 0. The Bertz CT molecular complexity index is 1210. The predicted octanol–water partition coefficient (Wildman–Crippen LogP) is 4.65. The van der Waals surface area contributed by atoms with Gasteiger partial charge in [0.25, 0.3) is 0 Å². The monoisotopic (exact) mass is 502 g/mol. The zero-order valence-electron chi connectivity index (χ0n) is 19.2. The fourth-order valence-electron chi connectivity index (χ4n) is 4.62. The molecule has 2 aromatic heterocycles. The highest BCUT2D eigenvalue weighted by Crippen LogP contribution is 2.34. The normalized spacial score (nSPS) is 16.9. The highest BCUT2D eigenvalue weighted by atomic mass is 35.5. The lowest BCUT2D eigenvalue weighted by atomic mass is 9.95. The van der Waals surface area contributed by atoms with Crippen molar-refractivity contribution in [2.45, 2.75) is 44.9 Å². The van der Waals surface area contributed by atoms with Crippen molar-refractivity contribution in [3.8, 4) is 5.69 Å². The number of ether oxygens (including phenoxy) is 1. The molecule has 8 nitrogen and oxygen atoms in total. The fourth-order valence-corrected chi connectivity index (χ4v) is 4.81. The molecule has 0 N–H and O–H groups in total. The molecule has 2 aliphatic heterocycles. The maximum atomic E-state index is 13.2. The standard InChI is InChI=1S/C24H25ClF2N6O2/c1-15(11-26)35-24(34)32-13-17-10-18(25)2-4-20(17)33-22(14-32)29-30-23(33)16-6-8-31(9-7-16)21-5-3-19(27)12-28-21/h2-5,10,12,15-16H,6-9,11,13-14H2,1H3. The molecule has 1 atom stereocenters. The van der Waals surface area contributed by atoms with Crippen LogP contribution in [0.4, 0.5) is 19.4 Å². The van der Waals surface area contributed by atoms with Crippen molar-refractivity contribution >= 4 is 23.5 Å². The largest absolute Gasteiger partial charge is 0.444 e. The van der Waals surface area contributed by atoms with Crippen LogP contribution in [0.3, 0.4) is 0 Å². The van der Waals surface area contributed by atoms with E-state index >= 15 is 0 Å². The van der Waals surface area contributed by atoms with E-state index in [-0.39, 0.29) is 24.8 Å². The topological polar surface area (TPSA) is 76.4 Å². The molecular formula is C24H25ClF2N6O2. The molecule has 0 radical (unpaired) electrons. The van der Waals surface area contributed by atoms with Crippen LogP contribution in [-0.4, -0.2) is 56.6 Å². The van der Waals surface area contributed by atoms with Gasteiger partial charge in [0.1, 0.15) is 30.2 Å². The molecule has 5 rings (SSSR count). The first-order valence-corrected chi connectivity index (χ1v) is 11.9. The van der Waals surface area contributed by atoms with Gasteiger partial charge in [0.05, 0.1) is 25.0 Å². The van der Waals surface area contributed by atoms with Crippen LogP contribution in [0.1, 0.15) is 42.9 Å². The van der Waals surface area contributed by atoms with Crippen LogP contribution in [0.15, 0.2) is 36.5 Å². The van der Waals surface area contributed by atoms with Gasteiger partial charge < -0.3 is 9.64 Å². The van der Waals surface area contributed by atoms with E-state index in [9.17, 15) is 13.6 Å². The Morgan fingerprint density at radius 3 is 2.71 bits per heavy atom. The second-order valence-corrected chi connectivity index (χ2v) is 9.32. The van der Waals surface area contributed by atoms with Crippen LogP contribution in [0, 0.1) is 5.82 Å². The summed E-state index contributed by atoms with van der Waals surface area (Å²) < 4.78 is 33.4. The molecule has 2 aliphatic rings. The first-order chi connectivity index (χ1) is 16.9. The number of piperidine rings is 1. The van der Waals surface area contributed by atoms with Gasteiger partial charge in [-0.15, -0.1) is 10.2 Å². The maximum Gasteiger partial charge on any atom is 0.410 e. The van der Waals surface area contributed by atoms with Crippen LogP contribution in [0.5, 0.6) is 0 Å². The predicted molar refractivity (Wildman–Crippen MR) is 126 cm³/mol. The molecule has 0 aliphatic carbocycles. The minimum Gasteiger partial charge on any atom is -0.444 e. The molecule has 1 amide bonds. The third-order valence-corrected chi connectivity index (χ3v) is 6.64. The Balaban J connectivity index is 1.42. The summed E-state index contributed by atoms with van der Waals surface area (Å²) in [5.41, 5.74) is 1.69.